The summed E-state index contributed by atoms with van der Waals surface area (Å²) in [7, 11) is 1.86. The number of benzene rings is 1. The third-order valence-electron chi connectivity index (χ3n) is 2.89. The molecule has 0 aliphatic heterocycles. The Labute approximate surface area is 112 Å². The van der Waals surface area contributed by atoms with Gasteiger partial charge >= 0.3 is 0 Å². The monoisotopic (exact) mass is 255 g/mol. The lowest BCUT2D eigenvalue weighted by atomic mass is 10.1. The normalized spacial score (nSPS) is 10.1. The van der Waals surface area contributed by atoms with Crippen molar-refractivity contribution in [2.75, 3.05) is 17.7 Å². The number of nitrogens with zero attached hydrogens (tertiary/aromatic N) is 1. The topological polar surface area (TPSA) is 54.0 Å². The van der Waals surface area contributed by atoms with Crippen LogP contribution in [0, 0.1) is 13.8 Å². The van der Waals surface area contributed by atoms with Crippen LogP contribution in [0.4, 0.5) is 11.5 Å². The van der Waals surface area contributed by atoms with Crippen LogP contribution in [0.2, 0.25) is 0 Å². The highest BCUT2D eigenvalue weighted by molar-refractivity contribution is 6.04. The zero-order valence-corrected chi connectivity index (χ0v) is 11.3. The molecule has 0 bridgehead atoms. The van der Waals surface area contributed by atoms with E-state index in [1.165, 1.54) is 0 Å². The molecule has 0 atom stereocenters. The third kappa shape index (κ3) is 3.10. The first-order chi connectivity index (χ1) is 9.10. The minimum Gasteiger partial charge on any atom is -0.388 e. The van der Waals surface area contributed by atoms with E-state index in [9.17, 15) is 4.79 Å². The number of anilines is 2. The summed E-state index contributed by atoms with van der Waals surface area (Å²) in [5.74, 6) is 0.421. The molecular weight excluding hydrogens is 238 g/mol. The molecule has 4 nitrogen and oxygen atoms in total. The van der Waals surface area contributed by atoms with Crippen LogP contribution < -0.4 is 10.6 Å². The maximum atomic E-state index is 12.1. The van der Waals surface area contributed by atoms with Gasteiger partial charge in [0.25, 0.3) is 5.91 Å². The van der Waals surface area contributed by atoms with Gasteiger partial charge in [0.1, 0.15) is 5.82 Å². The molecule has 0 fully saturated rings. The fourth-order valence-corrected chi connectivity index (χ4v) is 1.89. The van der Waals surface area contributed by atoms with Crippen LogP contribution in [0.15, 0.2) is 36.4 Å². The lowest BCUT2D eigenvalue weighted by molar-refractivity contribution is 0.102. The number of carbonyl (C=O) groups is 1. The predicted octanol–water partition coefficient (Wildman–Crippen LogP) is 2.99. The number of hydrogen-bond acceptors (Lipinski definition) is 3. The highest BCUT2D eigenvalue weighted by atomic mass is 16.1. The van der Waals surface area contributed by atoms with E-state index in [-0.39, 0.29) is 5.91 Å². The minimum atomic E-state index is -0.149. The number of nitrogens with one attached hydrogen (secondary N) is 2. The van der Waals surface area contributed by atoms with E-state index in [1.54, 1.807) is 12.1 Å². The molecule has 0 saturated heterocycles. The number of rotatable bonds is 3. The predicted molar refractivity (Wildman–Crippen MR) is 77.7 cm³/mol. The Kier molecular flexibility index (Phi) is 3.80. The van der Waals surface area contributed by atoms with Crippen molar-refractivity contribution in [3.63, 3.8) is 0 Å². The van der Waals surface area contributed by atoms with Gasteiger partial charge in [0.15, 0.2) is 0 Å². The van der Waals surface area contributed by atoms with Gasteiger partial charge in [-0.05, 0) is 49.7 Å². The van der Waals surface area contributed by atoms with E-state index in [0.29, 0.717) is 11.4 Å². The first-order valence-corrected chi connectivity index (χ1v) is 6.13. The highest BCUT2D eigenvalue weighted by Crippen LogP contribution is 2.16. The average Bonchev–Trinajstić information content (AvgIpc) is 2.38. The molecule has 0 unspecified atom stereocenters. The van der Waals surface area contributed by atoms with E-state index in [2.05, 4.69) is 15.6 Å². The van der Waals surface area contributed by atoms with Gasteiger partial charge in [0, 0.05) is 24.0 Å². The largest absolute Gasteiger partial charge is 0.388 e. The van der Waals surface area contributed by atoms with Gasteiger partial charge in [-0.25, -0.2) is 4.98 Å². The van der Waals surface area contributed by atoms with Crippen LogP contribution >= 0.6 is 0 Å². The Bertz CT molecular complexity index is 608. The minimum absolute atomic E-state index is 0.149. The van der Waals surface area contributed by atoms with E-state index in [0.717, 1.165) is 16.9 Å². The van der Waals surface area contributed by atoms with Crippen LogP contribution in [0.3, 0.4) is 0 Å². The summed E-state index contributed by atoms with van der Waals surface area (Å²) >= 11 is 0. The van der Waals surface area contributed by atoms with Crippen molar-refractivity contribution < 1.29 is 4.79 Å². The van der Waals surface area contributed by atoms with Gasteiger partial charge in [-0.1, -0.05) is 6.07 Å². The van der Waals surface area contributed by atoms with E-state index in [1.807, 2.05) is 45.2 Å². The maximum absolute atomic E-state index is 12.1. The van der Waals surface area contributed by atoms with Gasteiger partial charge in [-0.15, -0.1) is 0 Å². The SMILES string of the molecule is CNc1ccc(C(=O)Nc2cccc(C)n2)cc1C. The maximum Gasteiger partial charge on any atom is 0.256 e. The molecule has 98 valence electrons. The molecule has 19 heavy (non-hydrogen) atoms. The summed E-state index contributed by atoms with van der Waals surface area (Å²) in [5, 5.41) is 5.87. The molecule has 0 radical (unpaired) electrons. The van der Waals surface area contributed by atoms with Crippen LogP contribution in [0.25, 0.3) is 0 Å². The number of pyridine rings is 1. The molecule has 2 N–H and O–H groups in total. The summed E-state index contributed by atoms with van der Waals surface area (Å²) < 4.78 is 0. The number of aromatic nitrogens is 1. The van der Waals surface area contributed by atoms with Gasteiger partial charge < -0.3 is 10.6 Å². The highest BCUT2D eigenvalue weighted by Gasteiger charge is 2.08. The van der Waals surface area contributed by atoms with Crippen LogP contribution in [-0.4, -0.2) is 17.9 Å². The fourth-order valence-electron chi connectivity index (χ4n) is 1.89. The number of carbonyl (C=O) groups excluding carboxylic acids is 1. The number of aryl methyl sites for hydroxylation is 2. The second-order valence-electron chi connectivity index (χ2n) is 4.40. The summed E-state index contributed by atoms with van der Waals surface area (Å²) in [6.45, 7) is 3.86. The molecule has 2 aromatic rings. The Morgan fingerprint density at radius 3 is 2.58 bits per heavy atom. The molecular formula is C15H17N3O. The fraction of sp³-hybridized carbons (Fsp3) is 0.200. The van der Waals surface area contributed by atoms with Crippen LogP contribution in [0.5, 0.6) is 0 Å². The quantitative estimate of drug-likeness (QED) is 0.886. The van der Waals surface area contributed by atoms with Crippen molar-refractivity contribution in [2.45, 2.75) is 13.8 Å². The summed E-state index contributed by atoms with van der Waals surface area (Å²) in [6, 6.07) is 11.1. The van der Waals surface area contributed by atoms with Crippen LogP contribution in [0.1, 0.15) is 21.6 Å². The summed E-state index contributed by atoms with van der Waals surface area (Å²) in [6.07, 6.45) is 0. The third-order valence-corrected chi connectivity index (χ3v) is 2.89. The lowest BCUT2D eigenvalue weighted by Crippen LogP contribution is -2.13. The standard InChI is InChI=1S/C15H17N3O/c1-10-9-12(7-8-13(10)16-3)15(19)18-14-6-4-5-11(2)17-14/h4-9,16H,1-3H3,(H,17,18,19). The molecule has 2 rings (SSSR count). The van der Waals surface area contributed by atoms with Crippen LogP contribution in [-0.2, 0) is 0 Å². The second kappa shape index (κ2) is 5.52. The van der Waals surface area contributed by atoms with Gasteiger partial charge in [-0.2, -0.15) is 0 Å². The molecule has 0 aliphatic carbocycles. The molecule has 4 heteroatoms. The zero-order chi connectivity index (χ0) is 13.8. The zero-order valence-electron chi connectivity index (χ0n) is 11.3. The molecule has 0 aliphatic rings. The van der Waals surface area contributed by atoms with Crippen molar-refractivity contribution in [3.05, 3.63) is 53.2 Å². The average molecular weight is 255 g/mol. The van der Waals surface area contributed by atoms with Crippen molar-refractivity contribution in [3.8, 4) is 0 Å². The lowest BCUT2D eigenvalue weighted by Gasteiger charge is -2.08. The molecule has 1 heterocycles. The Balaban J connectivity index is 2.18. The molecule has 1 amide bonds. The smallest absolute Gasteiger partial charge is 0.256 e. The Hall–Kier alpha value is -2.36. The Morgan fingerprint density at radius 1 is 1.16 bits per heavy atom. The summed E-state index contributed by atoms with van der Waals surface area (Å²) in [5.41, 5.74) is 3.55. The number of hydrogen-bond donors (Lipinski definition) is 2. The van der Waals surface area contributed by atoms with Gasteiger partial charge in [0.05, 0.1) is 0 Å². The van der Waals surface area contributed by atoms with Gasteiger partial charge in [-0.3, -0.25) is 4.79 Å². The van der Waals surface area contributed by atoms with Crippen molar-refractivity contribution >= 4 is 17.4 Å². The van der Waals surface area contributed by atoms with E-state index in [4.69, 9.17) is 0 Å². The molecule has 0 saturated carbocycles. The molecule has 1 aromatic heterocycles. The first-order valence-electron chi connectivity index (χ1n) is 6.13. The van der Waals surface area contributed by atoms with Crippen molar-refractivity contribution in [2.24, 2.45) is 0 Å². The van der Waals surface area contributed by atoms with E-state index < -0.39 is 0 Å². The number of amides is 1. The van der Waals surface area contributed by atoms with E-state index >= 15 is 0 Å². The molecule has 0 spiro atoms. The van der Waals surface area contributed by atoms with Crippen molar-refractivity contribution in [1.82, 2.24) is 4.98 Å². The molecule has 1 aromatic carbocycles. The van der Waals surface area contributed by atoms with Crippen molar-refractivity contribution in [1.29, 1.82) is 0 Å². The Morgan fingerprint density at radius 2 is 1.95 bits per heavy atom. The first kappa shape index (κ1) is 13.1. The summed E-state index contributed by atoms with van der Waals surface area (Å²) in [4.78, 5) is 16.4. The van der Waals surface area contributed by atoms with Gasteiger partial charge in [0.2, 0.25) is 0 Å². The second-order valence-corrected chi connectivity index (χ2v) is 4.40.